The number of piperazine rings is 1. The standard InChI is InChI=1S/C13H29N3O/c1-13-12-15(2)9-10-16(13)8-5-4-6-14-7-11-17-3/h13-14H,4-12H2,1-3H3. The van der Waals surface area contributed by atoms with E-state index in [1.165, 1.54) is 39.0 Å². The lowest BCUT2D eigenvalue weighted by atomic mass is 10.2. The van der Waals surface area contributed by atoms with Crippen molar-refractivity contribution in [3.63, 3.8) is 0 Å². The molecule has 0 saturated carbocycles. The van der Waals surface area contributed by atoms with E-state index >= 15 is 0 Å². The summed E-state index contributed by atoms with van der Waals surface area (Å²) in [6, 6.07) is 0.718. The Labute approximate surface area is 106 Å². The van der Waals surface area contributed by atoms with Crippen molar-refractivity contribution in [1.82, 2.24) is 15.1 Å². The summed E-state index contributed by atoms with van der Waals surface area (Å²) in [4.78, 5) is 5.04. The fourth-order valence-electron chi connectivity index (χ4n) is 2.37. The number of rotatable bonds is 8. The maximum atomic E-state index is 4.99. The molecule has 4 nitrogen and oxygen atoms in total. The number of unbranched alkanes of at least 4 members (excludes halogenated alkanes) is 1. The van der Waals surface area contributed by atoms with E-state index in [9.17, 15) is 0 Å². The number of nitrogens with one attached hydrogen (secondary N) is 1. The normalized spacial score (nSPS) is 23.1. The fraction of sp³-hybridized carbons (Fsp3) is 1.00. The summed E-state index contributed by atoms with van der Waals surface area (Å²) in [7, 11) is 3.96. The van der Waals surface area contributed by atoms with E-state index in [1.807, 2.05) is 0 Å². The second-order valence-corrected chi connectivity index (χ2v) is 5.10. The highest BCUT2D eigenvalue weighted by molar-refractivity contribution is 4.76. The van der Waals surface area contributed by atoms with Gasteiger partial charge in [0.15, 0.2) is 0 Å². The summed E-state index contributed by atoms with van der Waals surface area (Å²) < 4.78 is 4.99. The highest BCUT2D eigenvalue weighted by Gasteiger charge is 2.20. The van der Waals surface area contributed by atoms with Gasteiger partial charge in [0.1, 0.15) is 0 Å². The van der Waals surface area contributed by atoms with Gasteiger partial charge in [0.25, 0.3) is 0 Å². The van der Waals surface area contributed by atoms with Crippen molar-refractivity contribution in [1.29, 1.82) is 0 Å². The van der Waals surface area contributed by atoms with E-state index in [1.54, 1.807) is 7.11 Å². The average Bonchev–Trinajstić information content (AvgIpc) is 2.30. The predicted molar refractivity (Wildman–Crippen MR) is 72.5 cm³/mol. The average molecular weight is 243 g/mol. The van der Waals surface area contributed by atoms with E-state index in [4.69, 9.17) is 4.74 Å². The third-order valence-electron chi connectivity index (χ3n) is 3.50. The Morgan fingerprint density at radius 2 is 2.06 bits per heavy atom. The van der Waals surface area contributed by atoms with Crippen molar-refractivity contribution in [2.75, 3.05) is 60.0 Å². The molecule has 102 valence electrons. The molecule has 0 amide bonds. The summed E-state index contributed by atoms with van der Waals surface area (Å²) >= 11 is 0. The highest BCUT2D eigenvalue weighted by Crippen LogP contribution is 2.08. The minimum absolute atomic E-state index is 0.718. The summed E-state index contributed by atoms with van der Waals surface area (Å²) in [5.74, 6) is 0. The van der Waals surface area contributed by atoms with Crippen LogP contribution in [0.1, 0.15) is 19.8 Å². The molecule has 17 heavy (non-hydrogen) atoms. The van der Waals surface area contributed by atoms with Crippen molar-refractivity contribution >= 4 is 0 Å². The molecule has 0 radical (unpaired) electrons. The zero-order valence-electron chi connectivity index (χ0n) is 11.7. The van der Waals surface area contributed by atoms with Crippen LogP contribution in [0.25, 0.3) is 0 Å². The lowest BCUT2D eigenvalue weighted by molar-refractivity contribution is 0.0985. The highest BCUT2D eigenvalue weighted by atomic mass is 16.5. The molecule has 0 aromatic heterocycles. The Bertz CT molecular complexity index is 190. The Hall–Kier alpha value is -0.160. The molecule has 1 aliphatic heterocycles. The lowest BCUT2D eigenvalue weighted by Crippen LogP contribution is -2.50. The molecule has 1 saturated heterocycles. The van der Waals surface area contributed by atoms with E-state index < -0.39 is 0 Å². The van der Waals surface area contributed by atoms with Crippen LogP contribution in [0.4, 0.5) is 0 Å². The first-order valence-corrected chi connectivity index (χ1v) is 6.86. The largest absolute Gasteiger partial charge is 0.383 e. The quantitative estimate of drug-likeness (QED) is 0.633. The molecule has 4 heteroatoms. The molecule has 1 fully saturated rings. The maximum Gasteiger partial charge on any atom is 0.0587 e. The van der Waals surface area contributed by atoms with Crippen molar-refractivity contribution < 1.29 is 4.74 Å². The van der Waals surface area contributed by atoms with Crippen LogP contribution in [-0.4, -0.2) is 75.9 Å². The zero-order valence-corrected chi connectivity index (χ0v) is 11.7. The van der Waals surface area contributed by atoms with Gasteiger partial charge in [-0.2, -0.15) is 0 Å². The molecule has 1 heterocycles. The first-order valence-electron chi connectivity index (χ1n) is 6.86. The molecule has 1 aliphatic rings. The molecular formula is C13H29N3O. The Balaban J connectivity index is 1.95. The van der Waals surface area contributed by atoms with Crippen LogP contribution in [0.2, 0.25) is 0 Å². The Morgan fingerprint density at radius 1 is 1.24 bits per heavy atom. The molecule has 0 aromatic carbocycles. The summed E-state index contributed by atoms with van der Waals surface area (Å²) in [5.41, 5.74) is 0. The van der Waals surface area contributed by atoms with Gasteiger partial charge in [-0.05, 0) is 39.9 Å². The summed E-state index contributed by atoms with van der Waals surface area (Å²) in [6.07, 6.45) is 2.57. The van der Waals surface area contributed by atoms with Crippen LogP contribution >= 0.6 is 0 Å². The van der Waals surface area contributed by atoms with Crippen LogP contribution in [-0.2, 0) is 4.74 Å². The van der Waals surface area contributed by atoms with Gasteiger partial charge in [-0.15, -0.1) is 0 Å². The first-order chi connectivity index (χ1) is 8.24. The van der Waals surface area contributed by atoms with Gasteiger partial charge in [-0.3, -0.25) is 4.90 Å². The molecule has 1 rings (SSSR count). The maximum absolute atomic E-state index is 4.99. The molecule has 1 atom stereocenters. The Morgan fingerprint density at radius 3 is 2.76 bits per heavy atom. The lowest BCUT2D eigenvalue weighted by Gasteiger charge is -2.38. The smallest absolute Gasteiger partial charge is 0.0587 e. The number of likely N-dealkylation sites (N-methyl/N-ethyl adjacent to an activating group) is 1. The second-order valence-electron chi connectivity index (χ2n) is 5.10. The molecule has 0 bridgehead atoms. The minimum atomic E-state index is 0.718. The van der Waals surface area contributed by atoms with Gasteiger partial charge in [-0.25, -0.2) is 0 Å². The van der Waals surface area contributed by atoms with E-state index in [-0.39, 0.29) is 0 Å². The summed E-state index contributed by atoms with van der Waals surface area (Å²) in [6.45, 7) is 10.2. The molecule has 0 aliphatic carbocycles. The van der Waals surface area contributed by atoms with Gasteiger partial charge >= 0.3 is 0 Å². The van der Waals surface area contributed by atoms with E-state index in [0.29, 0.717) is 0 Å². The number of hydrogen-bond donors (Lipinski definition) is 1. The van der Waals surface area contributed by atoms with Gasteiger partial charge in [0.2, 0.25) is 0 Å². The minimum Gasteiger partial charge on any atom is -0.383 e. The van der Waals surface area contributed by atoms with Crippen LogP contribution in [0.3, 0.4) is 0 Å². The third kappa shape index (κ3) is 6.36. The molecule has 1 unspecified atom stereocenters. The topological polar surface area (TPSA) is 27.7 Å². The zero-order chi connectivity index (χ0) is 12.5. The van der Waals surface area contributed by atoms with E-state index in [2.05, 4.69) is 29.1 Å². The Kier molecular flexibility index (Phi) is 7.77. The SMILES string of the molecule is COCCNCCCCN1CCN(C)CC1C. The van der Waals surface area contributed by atoms with Crippen molar-refractivity contribution in [3.8, 4) is 0 Å². The van der Waals surface area contributed by atoms with Crippen molar-refractivity contribution in [2.45, 2.75) is 25.8 Å². The van der Waals surface area contributed by atoms with Gasteiger partial charge in [-0.1, -0.05) is 0 Å². The number of ether oxygens (including phenoxy) is 1. The fourth-order valence-corrected chi connectivity index (χ4v) is 2.37. The van der Waals surface area contributed by atoms with Crippen LogP contribution < -0.4 is 5.32 Å². The molecule has 0 aromatic rings. The van der Waals surface area contributed by atoms with Crippen LogP contribution in [0.5, 0.6) is 0 Å². The molecule has 1 N–H and O–H groups in total. The number of methoxy groups -OCH3 is 1. The van der Waals surface area contributed by atoms with Crippen molar-refractivity contribution in [3.05, 3.63) is 0 Å². The number of hydrogen-bond acceptors (Lipinski definition) is 4. The van der Waals surface area contributed by atoms with Crippen LogP contribution in [0, 0.1) is 0 Å². The predicted octanol–water partition coefficient (Wildman–Crippen LogP) is 0.639. The van der Waals surface area contributed by atoms with Gasteiger partial charge in [0, 0.05) is 39.3 Å². The first kappa shape index (κ1) is 14.9. The van der Waals surface area contributed by atoms with Gasteiger partial charge in [0.05, 0.1) is 6.61 Å². The second kappa shape index (κ2) is 8.86. The molecule has 0 spiro atoms. The molecular weight excluding hydrogens is 214 g/mol. The number of nitrogens with zero attached hydrogens (tertiary/aromatic N) is 2. The van der Waals surface area contributed by atoms with Crippen LogP contribution in [0.15, 0.2) is 0 Å². The monoisotopic (exact) mass is 243 g/mol. The third-order valence-corrected chi connectivity index (χ3v) is 3.50. The van der Waals surface area contributed by atoms with Gasteiger partial charge < -0.3 is 15.0 Å². The van der Waals surface area contributed by atoms with Crippen molar-refractivity contribution in [2.24, 2.45) is 0 Å². The summed E-state index contributed by atoms with van der Waals surface area (Å²) in [5, 5.41) is 3.39. The van der Waals surface area contributed by atoms with E-state index in [0.717, 1.165) is 25.7 Å².